The average molecular weight is 332 g/mol. The number of rotatable bonds is 13. The van der Waals surface area contributed by atoms with Gasteiger partial charge in [-0.3, -0.25) is 15.1 Å². The summed E-state index contributed by atoms with van der Waals surface area (Å²) in [6.45, 7) is 4.59. The fraction of sp³-hybridized carbons (Fsp3) is 0.867. The number of nitrogens with zero attached hydrogens (tertiary/aromatic N) is 1. The summed E-state index contributed by atoms with van der Waals surface area (Å²) in [6, 6.07) is -0.207. The number of guanidine groups is 1. The summed E-state index contributed by atoms with van der Waals surface area (Å²) in [5.41, 5.74) is 16.4. The van der Waals surface area contributed by atoms with Gasteiger partial charge in [0, 0.05) is 13.0 Å². The molecule has 0 fully saturated rings. The van der Waals surface area contributed by atoms with Crippen molar-refractivity contribution in [3.05, 3.63) is 0 Å². The van der Waals surface area contributed by atoms with E-state index in [1.807, 2.05) is 18.7 Å². The van der Waals surface area contributed by atoms with Crippen LogP contribution in [0.5, 0.6) is 0 Å². The Kier molecular flexibility index (Phi) is 12.3. The standard InChI is InChI=1S/C15H33N5OS/c1-11(8-10-22-3)6-7-14(21)13(20-12(2)16)5-4-9-19-15(17)18/h11-13,20H,4-10,16H2,1-3H3,(H4,17,18,19). The molecule has 7 N–H and O–H groups in total. The van der Waals surface area contributed by atoms with Crippen molar-refractivity contribution in [1.82, 2.24) is 5.32 Å². The normalized spacial score (nSPS) is 15.1. The van der Waals surface area contributed by atoms with E-state index in [1.165, 1.54) is 0 Å². The molecule has 0 spiro atoms. The molecule has 0 bridgehead atoms. The first-order chi connectivity index (χ1) is 10.4. The van der Waals surface area contributed by atoms with Gasteiger partial charge < -0.3 is 17.2 Å². The molecule has 6 nitrogen and oxygen atoms in total. The largest absolute Gasteiger partial charge is 0.370 e. The summed E-state index contributed by atoms with van der Waals surface area (Å²) in [5, 5.41) is 3.15. The maximum atomic E-state index is 12.4. The fourth-order valence-corrected chi connectivity index (χ4v) is 2.82. The van der Waals surface area contributed by atoms with Gasteiger partial charge in [-0.1, -0.05) is 6.92 Å². The van der Waals surface area contributed by atoms with Crippen molar-refractivity contribution in [2.75, 3.05) is 18.6 Å². The van der Waals surface area contributed by atoms with E-state index in [0.29, 0.717) is 25.3 Å². The number of carbonyl (C=O) groups is 1. The highest BCUT2D eigenvalue weighted by Crippen LogP contribution is 2.15. The maximum absolute atomic E-state index is 12.4. The molecule has 0 rings (SSSR count). The Balaban J connectivity index is 4.23. The lowest BCUT2D eigenvalue weighted by atomic mass is 9.96. The van der Waals surface area contributed by atoms with Crippen molar-refractivity contribution in [3.63, 3.8) is 0 Å². The first kappa shape index (κ1) is 21.2. The summed E-state index contributed by atoms with van der Waals surface area (Å²) in [4.78, 5) is 16.3. The van der Waals surface area contributed by atoms with Gasteiger partial charge in [0.15, 0.2) is 5.96 Å². The topological polar surface area (TPSA) is 120 Å². The van der Waals surface area contributed by atoms with Gasteiger partial charge >= 0.3 is 0 Å². The SMILES string of the molecule is CSCCC(C)CCC(=O)C(CCCN=C(N)N)NC(C)N. The minimum absolute atomic E-state index is 0.0886. The molecular formula is C15H33N5OS. The van der Waals surface area contributed by atoms with Gasteiger partial charge in [0.1, 0.15) is 5.78 Å². The van der Waals surface area contributed by atoms with Crippen LogP contribution in [0.4, 0.5) is 0 Å². The maximum Gasteiger partial charge on any atom is 0.185 e. The van der Waals surface area contributed by atoms with Crippen molar-refractivity contribution in [2.24, 2.45) is 28.1 Å². The Labute approximate surface area is 139 Å². The van der Waals surface area contributed by atoms with E-state index < -0.39 is 0 Å². The van der Waals surface area contributed by atoms with Gasteiger partial charge in [0.05, 0.1) is 12.2 Å². The molecule has 0 saturated heterocycles. The minimum Gasteiger partial charge on any atom is -0.370 e. The van der Waals surface area contributed by atoms with Crippen molar-refractivity contribution < 1.29 is 4.79 Å². The second-order valence-corrected chi connectivity index (χ2v) is 6.83. The van der Waals surface area contributed by atoms with Crippen molar-refractivity contribution in [3.8, 4) is 0 Å². The molecule has 7 heteroatoms. The van der Waals surface area contributed by atoms with Crippen molar-refractivity contribution in [1.29, 1.82) is 0 Å². The van der Waals surface area contributed by atoms with E-state index in [-0.39, 0.29) is 24.0 Å². The number of carbonyl (C=O) groups excluding carboxylic acids is 1. The number of aliphatic imine (C=N–C) groups is 1. The number of hydrogen-bond acceptors (Lipinski definition) is 5. The molecule has 0 heterocycles. The number of nitrogens with one attached hydrogen (secondary N) is 1. The quantitative estimate of drug-likeness (QED) is 0.173. The third-order valence-corrected chi connectivity index (χ3v) is 4.14. The molecule has 0 aromatic rings. The molecule has 0 aliphatic rings. The lowest BCUT2D eigenvalue weighted by molar-refractivity contribution is -0.121. The predicted molar refractivity (Wildman–Crippen MR) is 96.9 cm³/mol. The number of nitrogens with two attached hydrogens (primary N) is 3. The molecule has 0 radical (unpaired) electrons. The summed E-state index contributed by atoms with van der Waals surface area (Å²) in [6.07, 6.45) is 6.06. The Morgan fingerprint density at radius 1 is 1.23 bits per heavy atom. The highest BCUT2D eigenvalue weighted by atomic mass is 32.2. The zero-order valence-electron chi connectivity index (χ0n) is 14.2. The van der Waals surface area contributed by atoms with E-state index in [2.05, 4.69) is 23.5 Å². The third-order valence-electron chi connectivity index (χ3n) is 3.50. The van der Waals surface area contributed by atoms with E-state index in [9.17, 15) is 4.79 Å². The second-order valence-electron chi connectivity index (χ2n) is 5.85. The zero-order chi connectivity index (χ0) is 17.0. The molecule has 0 aromatic carbocycles. The highest BCUT2D eigenvalue weighted by Gasteiger charge is 2.19. The predicted octanol–water partition coefficient (Wildman–Crippen LogP) is 1.04. The van der Waals surface area contributed by atoms with Gasteiger partial charge in [-0.2, -0.15) is 11.8 Å². The van der Waals surface area contributed by atoms with Crippen LogP contribution < -0.4 is 22.5 Å². The molecule has 3 atom stereocenters. The van der Waals surface area contributed by atoms with Gasteiger partial charge in [0.25, 0.3) is 0 Å². The first-order valence-corrected chi connectivity index (χ1v) is 9.34. The van der Waals surface area contributed by atoms with Crippen LogP contribution in [-0.4, -0.2) is 42.5 Å². The second kappa shape index (κ2) is 12.7. The molecule has 0 aliphatic heterocycles. The Hall–Kier alpha value is -0.790. The van der Waals surface area contributed by atoms with Gasteiger partial charge in [0.2, 0.25) is 0 Å². The molecule has 0 aliphatic carbocycles. The molecular weight excluding hydrogens is 298 g/mol. The monoisotopic (exact) mass is 331 g/mol. The van der Waals surface area contributed by atoms with E-state index in [0.717, 1.165) is 25.0 Å². The van der Waals surface area contributed by atoms with Crippen LogP contribution in [0.15, 0.2) is 4.99 Å². The zero-order valence-corrected chi connectivity index (χ0v) is 15.0. The Morgan fingerprint density at radius 2 is 1.91 bits per heavy atom. The van der Waals surface area contributed by atoms with Crippen LogP contribution >= 0.6 is 11.8 Å². The summed E-state index contributed by atoms with van der Waals surface area (Å²) in [7, 11) is 0. The molecule has 0 aromatic heterocycles. The molecule has 22 heavy (non-hydrogen) atoms. The Morgan fingerprint density at radius 3 is 2.45 bits per heavy atom. The lowest BCUT2D eigenvalue weighted by Gasteiger charge is -2.20. The van der Waals surface area contributed by atoms with Crippen molar-refractivity contribution in [2.45, 2.75) is 58.2 Å². The number of thioether (sulfide) groups is 1. The number of Topliss-reactive ketones (excluding diaryl/α,β-unsaturated/α-hetero) is 1. The van der Waals surface area contributed by atoms with Gasteiger partial charge in [-0.25, -0.2) is 0 Å². The molecule has 0 amide bonds. The lowest BCUT2D eigenvalue weighted by Crippen LogP contribution is -2.46. The number of ketones is 1. The van der Waals surface area contributed by atoms with Crippen LogP contribution in [-0.2, 0) is 4.79 Å². The van der Waals surface area contributed by atoms with Crippen LogP contribution in [0.1, 0.15) is 46.0 Å². The van der Waals surface area contributed by atoms with Crippen LogP contribution in [0, 0.1) is 5.92 Å². The van der Waals surface area contributed by atoms with Crippen LogP contribution in [0.2, 0.25) is 0 Å². The van der Waals surface area contributed by atoms with Crippen LogP contribution in [0.25, 0.3) is 0 Å². The molecule has 130 valence electrons. The van der Waals surface area contributed by atoms with Crippen molar-refractivity contribution >= 4 is 23.5 Å². The summed E-state index contributed by atoms with van der Waals surface area (Å²) in [5.74, 6) is 2.05. The fourth-order valence-electron chi connectivity index (χ4n) is 2.18. The van der Waals surface area contributed by atoms with E-state index >= 15 is 0 Å². The van der Waals surface area contributed by atoms with Crippen LogP contribution in [0.3, 0.4) is 0 Å². The van der Waals surface area contributed by atoms with Gasteiger partial charge in [-0.05, 0) is 50.5 Å². The molecule has 0 saturated carbocycles. The Bertz CT molecular complexity index is 332. The summed E-state index contributed by atoms with van der Waals surface area (Å²) >= 11 is 1.85. The van der Waals surface area contributed by atoms with Gasteiger partial charge in [-0.15, -0.1) is 0 Å². The summed E-state index contributed by atoms with van der Waals surface area (Å²) < 4.78 is 0. The molecule has 3 unspecified atom stereocenters. The third kappa shape index (κ3) is 11.8. The van der Waals surface area contributed by atoms with E-state index in [4.69, 9.17) is 17.2 Å². The smallest absolute Gasteiger partial charge is 0.185 e. The highest BCUT2D eigenvalue weighted by molar-refractivity contribution is 7.98. The first-order valence-electron chi connectivity index (χ1n) is 7.95. The average Bonchev–Trinajstić information content (AvgIpc) is 2.45. The van der Waals surface area contributed by atoms with E-state index in [1.54, 1.807) is 0 Å². The minimum atomic E-state index is -0.207. The number of hydrogen-bond donors (Lipinski definition) is 4.